The molecule has 2 aromatic carbocycles. The number of nitrogens with zero attached hydrogens (tertiary/aromatic N) is 2. The van der Waals surface area contributed by atoms with Gasteiger partial charge in [-0.2, -0.15) is 0 Å². The maximum Gasteiger partial charge on any atom is 0.263 e. The van der Waals surface area contributed by atoms with E-state index >= 15 is 0 Å². The van der Waals surface area contributed by atoms with Gasteiger partial charge < -0.3 is 19.3 Å². The van der Waals surface area contributed by atoms with Crippen LogP contribution in [0.2, 0.25) is 5.02 Å². The minimum absolute atomic E-state index is 0.0000436. The number of anilines is 1. The first kappa shape index (κ1) is 22.6. The molecule has 0 fully saturated rings. The predicted molar refractivity (Wildman–Crippen MR) is 115 cm³/mol. The largest absolute Gasteiger partial charge is 0.493 e. The summed E-state index contributed by atoms with van der Waals surface area (Å²) in [6.45, 7) is -0.268. The van der Waals surface area contributed by atoms with Crippen LogP contribution in [-0.4, -0.2) is 50.9 Å². The average Bonchev–Trinajstić information content (AvgIpc) is 2.77. The summed E-state index contributed by atoms with van der Waals surface area (Å²) in [5.74, 6) is 0.763. The van der Waals surface area contributed by atoms with Gasteiger partial charge in [0.25, 0.3) is 10.0 Å². The Labute approximate surface area is 184 Å². The van der Waals surface area contributed by atoms with Crippen molar-refractivity contribution >= 4 is 27.4 Å². The van der Waals surface area contributed by atoms with Gasteiger partial charge in [-0.3, -0.25) is 4.72 Å². The Balaban J connectivity index is 2.07. The van der Waals surface area contributed by atoms with Crippen LogP contribution < -0.4 is 18.9 Å². The molecular weight excluding hydrogens is 446 g/mol. The first-order valence-corrected chi connectivity index (χ1v) is 10.8. The van der Waals surface area contributed by atoms with Crippen molar-refractivity contribution < 1.29 is 27.7 Å². The molecule has 1 aromatic heterocycles. The van der Waals surface area contributed by atoms with Crippen molar-refractivity contribution in [2.75, 3.05) is 32.2 Å². The SMILES string of the molecule is COc1ccc(S(=O)(=O)Nc2ncnc(OCCO)c2-c2ccc(Cl)cc2)cc1OC. The Bertz CT molecular complexity index is 1160. The van der Waals surface area contributed by atoms with Crippen LogP contribution in [0.25, 0.3) is 11.1 Å². The number of methoxy groups -OCH3 is 2. The van der Waals surface area contributed by atoms with E-state index in [1.807, 2.05) is 0 Å². The smallest absolute Gasteiger partial charge is 0.263 e. The van der Waals surface area contributed by atoms with Gasteiger partial charge in [-0.1, -0.05) is 23.7 Å². The van der Waals surface area contributed by atoms with Crippen molar-refractivity contribution in [1.82, 2.24) is 9.97 Å². The number of aliphatic hydroxyl groups is 1. The number of ether oxygens (including phenoxy) is 3. The maximum absolute atomic E-state index is 13.1. The third-order valence-electron chi connectivity index (χ3n) is 4.17. The van der Waals surface area contributed by atoms with E-state index in [9.17, 15) is 8.42 Å². The van der Waals surface area contributed by atoms with E-state index in [-0.39, 0.29) is 35.6 Å². The van der Waals surface area contributed by atoms with E-state index in [2.05, 4.69) is 14.7 Å². The summed E-state index contributed by atoms with van der Waals surface area (Å²) in [5, 5.41) is 9.61. The summed E-state index contributed by atoms with van der Waals surface area (Å²) in [5.41, 5.74) is 0.875. The van der Waals surface area contributed by atoms with Gasteiger partial charge in [0.15, 0.2) is 17.3 Å². The second-order valence-corrected chi connectivity index (χ2v) is 8.22. The van der Waals surface area contributed by atoms with Gasteiger partial charge in [-0.25, -0.2) is 18.4 Å². The molecule has 11 heteroatoms. The first-order valence-electron chi connectivity index (χ1n) is 8.99. The maximum atomic E-state index is 13.1. The van der Waals surface area contributed by atoms with E-state index in [1.165, 1.54) is 38.7 Å². The molecule has 0 aliphatic carbocycles. The molecule has 1 heterocycles. The van der Waals surface area contributed by atoms with Crippen LogP contribution in [0.4, 0.5) is 5.82 Å². The van der Waals surface area contributed by atoms with Crippen molar-refractivity contribution in [2.45, 2.75) is 4.90 Å². The van der Waals surface area contributed by atoms with Gasteiger partial charge in [0.05, 0.1) is 31.3 Å². The summed E-state index contributed by atoms with van der Waals surface area (Å²) in [7, 11) is -1.19. The number of halogens is 1. The summed E-state index contributed by atoms with van der Waals surface area (Å²) in [6.07, 6.45) is 1.17. The van der Waals surface area contributed by atoms with Crippen molar-refractivity contribution in [3.63, 3.8) is 0 Å². The summed E-state index contributed by atoms with van der Waals surface area (Å²) >= 11 is 5.97. The zero-order chi connectivity index (χ0) is 22.4. The molecule has 0 saturated carbocycles. The monoisotopic (exact) mass is 465 g/mol. The molecular formula is C20H20ClN3O6S. The number of aromatic nitrogens is 2. The predicted octanol–water partition coefficient (Wildman–Crippen LogP) is 2.99. The Hall–Kier alpha value is -3.08. The Kier molecular flexibility index (Phi) is 7.16. The first-order chi connectivity index (χ1) is 14.9. The third-order valence-corrected chi connectivity index (χ3v) is 5.76. The number of sulfonamides is 1. The second-order valence-electron chi connectivity index (χ2n) is 6.10. The second kappa shape index (κ2) is 9.82. The van der Waals surface area contributed by atoms with E-state index in [1.54, 1.807) is 24.3 Å². The van der Waals surface area contributed by atoms with Crippen LogP contribution in [0.3, 0.4) is 0 Å². The van der Waals surface area contributed by atoms with Gasteiger partial charge in [0.1, 0.15) is 12.9 Å². The third kappa shape index (κ3) is 5.16. The molecule has 0 unspecified atom stereocenters. The molecule has 9 nitrogen and oxygen atoms in total. The number of hydrogen-bond acceptors (Lipinski definition) is 8. The molecule has 164 valence electrons. The van der Waals surface area contributed by atoms with Gasteiger partial charge in [-0.15, -0.1) is 0 Å². The molecule has 3 aromatic rings. The lowest BCUT2D eigenvalue weighted by Crippen LogP contribution is -2.16. The molecule has 0 amide bonds. The molecule has 0 bridgehead atoms. The zero-order valence-electron chi connectivity index (χ0n) is 16.7. The molecule has 0 aliphatic rings. The van der Waals surface area contributed by atoms with Crippen LogP contribution in [-0.2, 0) is 10.0 Å². The lowest BCUT2D eigenvalue weighted by Gasteiger charge is -2.16. The molecule has 0 spiro atoms. The van der Waals surface area contributed by atoms with Gasteiger partial charge in [0.2, 0.25) is 5.88 Å². The molecule has 0 saturated heterocycles. The number of benzene rings is 2. The molecule has 2 N–H and O–H groups in total. The highest BCUT2D eigenvalue weighted by atomic mass is 35.5. The van der Waals surface area contributed by atoms with E-state index in [4.69, 9.17) is 30.9 Å². The standard InChI is InChI=1S/C20H20ClN3O6S/c1-28-16-8-7-15(11-17(16)29-2)31(26,27)24-19-18(13-3-5-14(21)6-4-13)20(23-12-22-19)30-10-9-25/h3-8,11-12,25H,9-10H2,1-2H3,(H,22,23,24). The summed E-state index contributed by atoms with van der Waals surface area (Å²) in [6, 6.07) is 10.9. The van der Waals surface area contributed by atoms with Gasteiger partial charge in [0, 0.05) is 11.1 Å². The Morgan fingerprint density at radius 3 is 2.39 bits per heavy atom. The van der Waals surface area contributed by atoms with E-state index in [0.29, 0.717) is 21.9 Å². The molecule has 3 rings (SSSR count). The van der Waals surface area contributed by atoms with Crippen molar-refractivity contribution in [1.29, 1.82) is 0 Å². The topological polar surface area (TPSA) is 120 Å². The molecule has 0 atom stereocenters. The highest BCUT2D eigenvalue weighted by Crippen LogP contribution is 2.36. The van der Waals surface area contributed by atoms with Crippen molar-refractivity contribution in [3.05, 3.63) is 53.8 Å². The minimum atomic E-state index is -4.05. The number of rotatable bonds is 9. The lowest BCUT2D eigenvalue weighted by molar-refractivity contribution is 0.197. The number of nitrogens with one attached hydrogen (secondary N) is 1. The Morgan fingerprint density at radius 2 is 1.74 bits per heavy atom. The molecule has 0 aliphatic heterocycles. The highest BCUT2D eigenvalue weighted by molar-refractivity contribution is 7.92. The summed E-state index contributed by atoms with van der Waals surface area (Å²) < 4.78 is 44.4. The van der Waals surface area contributed by atoms with Gasteiger partial charge >= 0.3 is 0 Å². The highest BCUT2D eigenvalue weighted by Gasteiger charge is 2.22. The van der Waals surface area contributed by atoms with Crippen molar-refractivity contribution in [2.24, 2.45) is 0 Å². The number of hydrogen-bond donors (Lipinski definition) is 2. The fourth-order valence-corrected chi connectivity index (χ4v) is 3.91. The van der Waals surface area contributed by atoms with Crippen LogP contribution in [0.5, 0.6) is 17.4 Å². The van der Waals surface area contributed by atoms with Crippen LogP contribution >= 0.6 is 11.6 Å². The van der Waals surface area contributed by atoms with E-state index < -0.39 is 10.0 Å². The van der Waals surface area contributed by atoms with Crippen LogP contribution in [0.1, 0.15) is 0 Å². The van der Waals surface area contributed by atoms with E-state index in [0.717, 1.165) is 0 Å². The number of aliphatic hydroxyl groups excluding tert-OH is 1. The van der Waals surface area contributed by atoms with Crippen molar-refractivity contribution in [3.8, 4) is 28.5 Å². The molecule has 31 heavy (non-hydrogen) atoms. The fourth-order valence-electron chi connectivity index (χ4n) is 2.75. The fraction of sp³-hybridized carbons (Fsp3) is 0.200. The normalized spacial score (nSPS) is 11.1. The quantitative estimate of drug-likeness (QED) is 0.495. The minimum Gasteiger partial charge on any atom is -0.493 e. The van der Waals surface area contributed by atoms with Crippen LogP contribution in [0, 0.1) is 0 Å². The Morgan fingerprint density at radius 1 is 1.03 bits per heavy atom. The van der Waals surface area contributed by atoms with Crippen LogP contribution in [0.15, 0.2) is 53.7 Å². The van der Waals surface area contributed by atoms with Gasteiger partial charge in [-0.05, 0) is 29.8 Å². The zero-order valence-corrected chi connectivity index (χ0v) is 18.3. The lowest BCUT2D eigenvalue weighted by atomic mass is 10.1. The average molecular weight is 466 g/mol. The summed E-state index contributed by atoms with van der Waals surface area (Å²) in [4.78, 5) is 8.13. The molecule has 0 radical (unpaired) electrons.